The molecule has 43 heavy (non-hydrogen) atoms. The quantitative estimate of drug-likeness (QED) is 0.330. The van der Waals surface area contributed by atoms with Gasteiger partial charge < -0.3 is 34.4 Å². The summed E-state index contributed by atoms with van der Waals surface area (Å²) in [4.78, 5) is 15.9. The standard InChI is InChI=1S/C29H33F3N4O7/c1-41-17-7-5-6-16(12-17)36(21-8-3-4-9-22(21)38)29(40)28-27(42-2)25(26(39)23(14-37)43-28)35-13-20(33-34-35)15-10-18(30)24(32)19(31)11-15/h5-7,10-13,21-23,25-28,37-39H,3-4,8-9,14H2,1-2H3/t21-,22-,23+,25-,26-,27+,28+/m0/s1. The van der Waals surface area contributed by atoms with Crippen molar-refractivity contribution in [3.8, 4) is 17.0 Å². The number of methoxy groups -OCH3 is 2. The Bertz CT molecular complexity index is 1420. The van der Waals surface area contributed by atoms with Crippen LogP contribution < -0.4 is 9.64 Å². The maximum atomic E-state index is 14.4. The number of benzene rings is 2. The third-order valence-electron chi connectivity index (χ3n) is 8.07. The number of rotatable bonds is 8. The molecule has 1 aromatic heterocycles. The smallest absolute Gasteiger partial charge is 0.259 e. The molecule has 2 heterocycles. The molecule has 2 aliphatic rings. The van der Waals surface area contributed by atoms with Gasteiger partial charge in [-0.05, 0) is 37.1 Å². The molecule has 2 aromatic carbocycles. The molecule has 1 saturated heterocycles. The molecule has 232 valence electrons. The predicted octanol–water partition coefficient (Wildman–Crippen LogP) is 2.38. The van der Waals surface area contributed by atoms with Crippen molar-refractivity contribution in [2.75, 3.05) is 25.7 Å². The van der Waals surface area contributed by atoms with Gasteiger partial charge >= 0.3 is 0 Å². The van der Waals surface area contributed by atoms with Crippen LogP contribution in [0, 0.1) is 17.5 Å². The first-order valence-corrected chi connectivity index (χ1v) is 13.9. The molecule has 5 rings (SSSR count). The minimum Gasteiger partial charge on any atom is -0.497 e. The fraction of sp³-hybridized carbons (Fsp3) is 0.483. The van der Waals surface area contributed by atoms with E-state index in [1.165, 1.54) is 25.3 Å². The van der Waals surface area contributed by atoms with E-state index < -0.39 is 72.6 Å². The Balaban J connectivity index is 1.54. The summed E-state index contributed by atoms with van der Waals surface area (Å²) in [5.74, 6) is -4.58. The molecule has 11 nitrogen and oxygen atoms in total. The lowest BCUT2D eigenvalue weighted by Gasteiger charge is -2.46. The lowest BCUT2D eigenvalue weighted by atomic mass is 9.88. The van der Waals surface area contributed by atoms with Gasteiger partial charge in [-0.2, -0.15) is 0 Å². The van der Waals surface area contributed by atoms with E-state index in [9.17, 15) is 33.3 Å². The van der Waals surface area contributed by atoms with Crippen molar-refractivity contribution in [3.05, 3.63) is 60.0 Å². The van der Waals surface area contributed by atoms with Gasteiger partial charge in [0.05, 0.1) is 32.1 Å². The van der Waals surface area contributed by atoms with Crippen molar-refractivity contribution in [2.45, 2.75) is 68.3 Å². The zero-order chi connectivity index (χ0) is 30.8. The van der Waals surface area contributed by atoms with Gasteiger partial charge in [0.1, 0.15) is 35.8 Å². The van der Waals surface area contributed by atoms with E-state index in [1.54, 1.807) is 24.3 Å². The summed E-state index contributed by atoms with van der Waals surface area (Å²) in [7, 11) is 2.80. The van der Waals surface area contributed by atoms with E-state index in [0.29, 0.717) is 24.3 Å². The van der Waals surface area contributed by atoms with Crippen LogP contribution in [0.1, 0.15) is 31.7 Å². The summed E-state index contributed by atoms with van der Waals surface area (Å²) in [6.07, 6.45) is -2.29. The highest BCUT2D eigenvalue weighted by molar-refractivity contribution is 5.98. The van der Waals surface area contributed by atoms with Gasteiger partial charge in [0.15, 0.2) is 23.6 Å². The summed E-state index contributed by atoms with van der Waals surface area (Å²) in [6.45, 7) is -0.668. The number of hydrogen-bond donors (Lipinski definition) is 3. The van der Waals surface area contributed by atoms with Crippen LogP contribution >= 0.6 is 0 Å². The minimum absolute atomic E-state index is 0.0434. The maximum absolute atomic E-state index is 14.4. The summed E-state index contributed by atoms with van der Waals surface area (Å²) < 4.78 is 59.5. The number of carbonyl (C=O) groups excluding carboxylic acids is 1. The molecule has 0 spiro atoms. The largest absolute Gasteiger partial charge is 0.497 e. The molecule has 7 atom stereocenters. The Morgan fingerprint density at radius 1 is 1.12 bits per heavy atom. The highest BCUT2D eigenvalue weighted by Gasteiger charge is 2.52. The molecule has 14 heteroatoms. The highest BCUT2D eigenvalue weighted by Crippen LogP contribution is 2.37. The number of aliphatic hydroxyl groups is 3. The van der Waals surface area contributed by atoms with Gasteiger partial charge in [-0.1, -0.05) is 24.1 Å². The number of amides is 1. The van der Waals surface area contributed by atoms with Gasteiger partial charge in [0, 0.05) is 24.4 Å². The average Bonchev–Trinajstić information content (AvgIpc) is 3.50. The number of carbonyl (C=O) groups is 1. The van der Waals surface area contributed by atoms with Crippen LogP contribution in [0.3, 0.4) is 0 Å². The Morgan fingerprint density at radius 3 is 2.49 bits per heavy atom. The van der Waals surface area contributed by atoms with Gasteiger partial charge in [0.25, 0.3) is 5.91 Å². The third kappa shape index (κ3) is 5.97. The lowest BCUT2D eigenvalue weighted by molar-refractivity contribution is -0.211. The van der Waals surface area contributed by atoms with E-state index in [2.05, 4.69) is 10.3 Å². The fourth-order valence-corrected chi connectivity index (χ4v) is 5.89. The molecular formula is C29H33F3N4O7. The zero-order valence-corrected chi connectivity index (χ0v) is 23.5. The first kappa shape index (κ1) is 30.9. The molecule has 1 aliphatic heterocycles. The highest BCUT2D eigenvalue weighted by atomic mass is 19.2. The van der Waals surface area contributed by atoms with Crippen LogP contribution in [-0.2, 0) is 14.3 Å². The summed E-state index contributed by atoms with van der Waals surface area (Å²) in [6, 6.07) is 6.53. The summed E-state index contributed by atoms with van der Waals surface area (Å²) in [5, 5.41) is 40.2. The molecule has 0 unspecified atom stereocenters. The van der Waals surface area contributed by atoms with Gasteiger partial charge in [-0.3, -0.25) is 4.79 Å². The lowest BCUT2D eigenvalue weighted by Crippen LogP contribution is -2.63. The molecule has 1 aliphatic carbocycles. The van der Waals surface area contributed by atoms with Crippen molar-refractivity contribution < 1.29 is 47.5 Å². The second-order valence-corrected chi connectivity index (χ2v) is 10.6. The van der Waals surface area contributed by atoms with Gasteiger partial charge in [0.2, 0.25) is 0 Å². The molecule has 1 amide bonds. The van der Waals surface area contributed by atoms with E-state index in [-0.39, 0.29) is 11.3 Å². The van der Waals surface area contributed by atoms with Crippen LogP contribution in [0.2, 0.25) is 0 Å². The number of anilines is 1. The molecule has 0 bridgehead atoms. The molecular weight excluding hydrogens is 573 g/mol. The Kier molecular flexibility index (Phi) is 9.32. The number of hydrogen-bond acceptors (Lipinski definition) is 9. The summed E-state index contributed by atoms with van der Waals surface area (Å²) in [5.41, 5.74) is 0.290. The zero-order valence-electron chi connectivity index (χ0n) is 23.5. The second-order valence-electron chi connectivity index (χ2n) is 10.6. The number of aliphatic hydroxyl groups excluding tert-OH is 3. The second kappa shape index (κ2) is 13.0. The number of halogens is 3. The van der Waals surface area contributed by atoms with Crippen LogP contribution in [-0.4, -0.2) is 93.6 Å². The topological polar surface area (TPSA) is 139 Å². The maximum Gasteiger partial charge on any atom is 0.259 e. The number of aromatic nitrogens is 3. The predicted molar refractivity (Wildman–Crippen MR) is 146 cm³/mol. The molecule has 1 saturated carbocycles. The van der Waals surface area contributed by atoms with Crippen LogP contribution in [0.15, 0.2) is 42.6 Å². The van der Waals surface area contributed by atoms with Gasteiger partial charge in [-0.15, -0.1) is 5.10 Å². The number of ether oxygens (including phenoxy) is 3. The van der Waals surface area contributed by atoms with Crippen molar-refractivity contribution >= 4 is 11.6 Å². The van der Waals surface area contributed by atoms with E-state index in [4.69, 9.17) is 14.2 Å². The Labute approximate surface area is 245 Å². The summed E-state index contributed by atoms with van der Waals surface area (Å²) >= 11 is 0. The molecule has 3 N–H and O–H groups in total. The first-order chi connectivity index (χ1) is 20.7. The van der Waals surface area contributed by atoms with Crippen molar-refractivity contribution in [3.63, 3.8) is 0 Å². The van der Waals surface area contributed by atoms with Crippen molar-refractivity contribution in [2.24, 2.45) is 0 Å². The molecule has 2 fully saturated rings. The van der Waals surface area contributed by atoms with E-state index in [0.717, 1.165) is 29.7 Å². The average molecular weight is 607 g/mol. The minimum atomic E-state index is -1.63. The first-order valence-electron chi connectivity index (χ1n) is 13.9. The van der Waals surface area contributed by atoms with Crippen LogP contribution in [0.5, 0.6) is 5.75 Å². The van der Waals surface area contributed by atoms with Crippen LogP contribution in [0.25, 0.3) is 11.3 Å². The monoisotopic (exact) mass is 606 g/mol. The molecule has 0 radical (unpaired) electrons. The SMILES string of the molecule is COc1cccc(N(C(=O)[C@@H]2O[C@H](CO)[C@H](O)[C@H](n3cc(-c4cc(F)c(F)c(F)c4)nn3)[C@H]2OC)[C@H]2CCCC[C@@H]2O)c1. The van der Waals surface area contributed by atoms with Gasteiger partial charge in [-0.25, -0.2) is 17.9 Å². The van der Waals surface area contributed by atoms with Crippen molar-refractivity contribution in [1.29, 1.82) is 0 Å². The van der Waals surface area contributed by atoms with Crippen molar-refractivity contribution in [1.82, 2.24) is 15.0 Å². The van der Waals surface area contributed by atoms with E-state index in [1.807, 2.05) is 0 Å². The van der Waals surface area contributed by atoms with E-state index >= 15 is 0 Å². The third-order valence-corrected chi connectivity index (χ3v) is 8.07. The Hall–Kier alpha value is -3.56. The number of nitrogens with zero attached hydrogens (tertiary/aromatic N) is 4. The normalized spacial score (nSPS) is 27.6. The fourth-order valence-electron chi connectivity index (χ4n) is 5.89. The van der Waals surface area contributed by atoms with Crippen LogP contribution in [0.4, 0.5) is 18.9 Å². The molecule has 3 aromatic rings. The Morgan fingerprint density at radius 2 is 1.84 bits per heavy atom.